The molecule has 0 fully saturated rings. The Morgan fingerprint density at radius 3 is 2.79 bits per heavy atom. The first-order chi connectivity index (χ1) is 9.02. The zero-order valence-electron chi connectivity index (χ0n) is 10.6. The molecule has 0 spiro atoms. The van der Waals surface area contributed by atoms with Gasteiger partial charge in [-0.05, 0) is 18.6 Å². The third-order valence-electron chi connectivity index (χ3n) is 2.68. The number of nitrogens with one attached hydrogen (secondary N) is 1. The van der Waals surface area contributed by atoms with Crippen molar-refractivity contribution >= 4 is 17.4 Å². The van der Waals surface area contributed by atoms with E-state index in [1.165, 1.54) is 16.8 Å². The molecule has 100 valence electrons. The van der Waals surface area contributed by atoms with Gasteiger partial charge in [0.15, 0.2) is 0 Å². The third kappa shape index (κ3) is 2.54. The van der Waals surface area contributed by atoms with Gasteiger partial charge in [-0.2, -0.15) is 5.10 Å². The summed E-state index contributed by atoms with van der Waals surface area (Å²) >= 11 is 0. The molecule has 0 unspecified atom stereocenters. The van der Waals surface area contributed by atoms with Crippen molar-refractivity contribution < 1.29 is 9.18 Å². The number of hydrogen-bond donors (Lipinski definition) is 2. The molecule has 0 aliphatic carbocycles. The molecule has 0 atom stereocenters. The van der Waals surface area contributed by atoms with Crippen LogP contribution in [0.2, 0.25) is 0 Å². The van der Waals surface area contributed by atoms with Crippen molar-refractivity contribution in [3.8, 4) is 0 Å². The number of carbonyl (C=O) groups is 1. The Hall–Kier alpha value is -2.44. The Morgan fingerprint density at radius 1 is 1.53 bits per heavy atom. The quantitative estimate of drug-likeness (QED) is 0.875. The third-order valence-corrected chi connectivity index (χ3v) is 2.68. The highest BCUT2D eigenvalue weighted by molar-refractivity contribution is 6.06. The molecule has 0 bridgehead atoms. The minimum Gasteiger partial charge on any atom is -0.395 e. The van der Waals surface area contributed by atoms with Gasteiger partial charge in [-0.15, -0.1) is 0 Å². The van der Waals surface area contributed by atoms with Crippen LogP contribution in [0, 0.1) is 5.82 Å². The SMILES string of the molecule is CCc1nn(C)c(C(=O)Nc2ccc(F)cn2)c1N. The smallest absolute Gasteiger partial charge is 0.277 e. The van der Waals surface area contributed by atoms with Crippen molar-refractivity contribution in [1.82, 2.24) is 14.8 Å². The first-order valence-electron chi connectivity index (χ1n) is 5.77. The molecule has 6 nitrogen and oxygen atoms in total. The van der Waals surface area contributed by atoms with Crippen LogP contribution < -0.4 is 11.1 Å². The molecular weight excluding hydrogens is 249 g/mol. The summed E-state index contributed by atoms with van der Waals surface area (Å²) in [6.45, 7) is 1.90. The molecule has 0 saturated carbocycles. The molecule has 19 heavy (non-hydrogen) atoms. The van der Waals surface area contributed by atoms with Crippen molar-refractivity contribution in [1.29, 1.82) is 0 Å². The number of carbonyl (C=O) groups excluding carboxylic acids is 1. The summed E-state index contributed by atoms with van der Waals surface area (Å²) in [5.74, 6) is -0.636. The van der Waals surface area contributed by atoms with E-state index in [0.29, 0.717) is 17.8 Å². The highest BCUT2D eigenvalue weighted by Gasteiger charge is 2.19. The predicted octanol–water partition coefficient (Wildman–Crippen LogP) is 1.35. The van der Waals surface area contributed by atoms with Gasteiger partial charge >= 0.3 is 0 Å². The molecule has 7 heteroatoms. The zero-order chi connectivity index (χ0) is 14.0. The van der Waals surface area contributed by atoms with E-state index >= 15 is 0 Å². The summed E-state index contributed by atoms with van der Waals surface area (Å²) in [6, 6.07) is 2.59. The number of nitrogens with zero attached hydrogens (tertiary/aromatic N) is 3. The van der Waals surface area contributed by atoms with Gasteiger partial charge in [-0.25, -0.2) is 9.37 Å². The summed E-state index contributed by atoms with van der Waals surface area (Å²) in [6.07, 6.45) is 1.67. The fourth-order valence-corrected chi connectivity index (χ4v) is 1.75. The van der Waals surface area contributed by atoms with E-state index < -0.39 is 11.7 Å². The van der Waals surface area contributed by atoms with E-state index in [0.717, 1.165) is 6.20 Å². The van der Waals surface area contributed by atoms with Crippen LogP contribution in [0.1, 0.15) is 23.1 Å². The normalized spacial score (nSPS) is 10.5. The second kappa shape index (κ2) is 5.05. The number of nitrogens with two attached hydrogens (primary N) is 1. The minimum atomic E-state index is -0.466. The van der Waals surface area contributed by atoms with Crippen molar-refractivity contribution in [3.63, 3.8) is 0 Å². The molecule has 2 rings (SSSR count). The second-order valence-corrected chi connectivity index (χ2v) is 4.00. The summed E-state index contributed by atoms with van der Waals surface area (Å²) in [5.41, 5.74) is 7.15. The van der Waals surface area contributed by atoms with Crippen LogP contribution in [0.5, 0.6) is 0 Å². The van der Waals surface area contributed by atoms with Crippen LogP contribution in [-0.2, 0) is 13.5 Å². The number of aromatic nitrogens is 3. The maximum atomic E-state index is 12.7. The number of amides is 1. The molecule has 0 saturated heterocycles. The molecule has 2 aromatic rings. The fourth-order valence-electron chi connectivity index (χ4n) is 1.75. The average Bonchev–Trinajstić information content (AvgIpc) is 2.67. The number of hydrogen-bond acceptors (Lipinski definition) is 4. The lowest BCUT2D eigenvalue weighted by atomic mass is 10.2. The van der Waals surface area contributed by atoms with E-state index in [4.69, 9.17) is 5.73 Å². The monoisotopic (exact) mass is 263 g/mol. The Bertz CT molecular complexity index is 605. The number of rotatable bonds is 3. The van der Waals surface area contributed by atoms with E-state index in [9.17, 15) is 9.18 Å². The van der Waals surface area contributed by atoms with Crippen LogP contribution in [0.3, 0.4) is 0 Å². The van der Waals surface area contributed by atoms with Crippen molar-refractivity contribution in [3.05, 3.63) is 35.5 Å². The van der Waals surface area contributed by atoms with Crippen LogP contribution in [0.4, 0.5) is 15.9 Å². The van der Waals surface area contributed by atoms with Gasteiger partial charge < -0.3 is 11.1 Å². The standard InChI is InChI=1S/C12H14FN5O/c1-3-8-10(14)11(18(2)17-8)12(19)16-9-5-4-7(13)6-15-9/h4-6H,3,14H2,1-2H3,(H,15,16,19). The van der Waals surface area contributed by atoms with Crippen LogP contribution in [0.15, 0.2) is 18.3 Å². The van der Waals surface area contributed by atoms with Crippen LogP contribution in [0.25, 0.3) is 0 Å². The number of pyridine rings is 1. The zero-order valence-corrected chi connectivity index (χ0v) is 10.6. The highest BCUT2D eigenvalue weighted by Crippen LogP contribution is 2.18. The van der Waals surface area contributed by atoms with Crippen molar-refractivity contribution in [2.45, 2.75) is 13.3 Å². The molecule has 0 aliphatic rings. The van der Waals surface area contributed by atoms with Crippen LogP contribution in [-0.4, -0.2) is 20.7 Å². The summed E-state index contributed by atoms with van der Waals surface area (Å²) in [5, 5.41) is 6.70. The molecule has 0 aromatic carbocycles. The Balaban J connectivity index is 2.25. The largest absolute Gasteiger partial charge is 0.395 e. The minimum absolute atomic E-state index is 0.255. The Kier molecular flexibility index (Phi) is 3.46. The topological polar surface area (TPSA) is 85.8 Å². The highest BCUT2D eigenvalue weighted by atomic mass is 19.1. The first-order valence-corrected chi connectivity index (χ1v) is 5.77. The van der Waals surface area contributed by atoms with Crippen molar-refractivity contribution in [2.75, 3.05) is 11.1 Å². The number of nitrogen functional groups attached to an aromatic ring is 1. The lowest BCUT2D eigenvalue weighted by molar-refractivity contribution is 0.101. The molecule has 2 aromatic heterocycles. The van der Waals surface area contributed by atoms with E-state index in [-0.39, 0.29) is 11.5 Å². The van der Waals surface area contributed by atoms with E-state index in [1.807, 2.05) is 6.92 Å². The fraction of sp³-hybridized carbons (Fsp3) is 0.250. The maximum Gasteiger partial charge on any atom is 0.277 e. The molecule has 1 amide bonds. The van der Waals surface area contributed by atoms with Gasteiger partial charge in [0.1, 0.15) is 17.3 Å². The van der Waals surface area contributed by atoms with Gasteiger partial charge in [0.05, 0.1) is 17.6 Å². The molecule has 2 heterocycles. The molecule has 0 radical (unpaired) electrons. The van der Waals surface area contributed by atoms with Gasteiger partial charge in [0.2, 0.25) is 0 Å². The molecule has 3 N–H and O–H groups in total. The van der Waals surface area contributed by atoms with Gasteiger partial charge in [0.25, 0.3) is 5.91 Å². The number of aryl methyl sites for hydroxylation is 2. The van der Waals surface area contributed by atoms with Crippen LogP contribution >= 0.6 is 0 Å². The van der Waals surface area contributed by atoms with E-state index in [2.05, 4.69) is 15.4 Å². The van der Waals surface area contributed by atoms with Gasteiger partial charge in [-0.1, -0.05) is 6.92 Å². The lowest BCUT2D eigenvalue weighted by Crippen LogP contribution is -2.18. The van der Waals surface area contributed by atoms with Crippen molar-refractivity contribution in [2.24, 2.45) is 7.05 Å². The number of anilines is 2. The summed E-state index contributed by atoms with van der Waals surface area (Å²) in [7, 11) is 1.64. The Morgan fingerprint density at radius 2 is 2.26 bits per heavy atom. The molecule has 0 aliphatic heterocycles. The molecular formula is C12H14FN5O. The Labute approximate surface area is 109 Å². The summed E-state index contributed by atoms with van der Waals surface area (Å²) < 4.78 is 14.1. The van der Waals surface area contributed by atoms with Gasteiger partial charge in [-0.3, -0.25) is 9.48 Å². The van der Waals surface area contributed by atoms with E-state index in [1.54, 1.807) is 7.05 Å². The number of halogens is 1. The van der Waals surface area contributed by atoms with Gasteiger partial charge in [0, 0.05) is 7.05 Å². The maximum absolute atomic E-state index is 12.7. The summed E-state index contributed by atoms with van der Waals surface area (Å²) in [4.78, 5) is 15.8. The predicted molar refractivity (Wildman–Crippen MR) is 69.1 cm³/mol. The average molecular weight is 263 g/mol. The lowest BCUT2D eigenvalue weighted by Gasteiger charge is -2.05. The first kappa shape index (κ1) is 13.0. The second-order valence-electron chi connectivity index (χ2n) is 4.00.